The van der Waals surface area contributed by atoms with Gasteiger partial charge >= 0.3 is 5.97 Å². The number of carboxylic acids is 1. The maximum Gasteiger partial charge on any atom is 0.306 e. The van der Waals surface area contributed by atoms with Crippen molar-refractivity contribution in [3.8, 4) is 0 Å². The van der Waals surface area contributed by atoms with Crippen LogP contribution in [0.25, 0.3) is 0 Å². The van der Waals surface area contributed by atoms with Gasteiger partial charge in [0.1, 0.15) is 5.82 Å². The number of rotatable bonds is 3. The molecule has 2 N–H and O–H groups in total. The van der Waals surface area contributed by atoms with Crippen LogP contribution in [0.2, 0.25) is 0 Å². The molecule has 1 aliphatic rings. The van der Waals surface area contributed by atoms with Gasteiger partial charge in [-0.25, -0.2) is 4.39 Å². The fourth-order valence-electron chi connectivity index (χ4n) is 2.51. The number of benzene rings is 1. The van der Waals surface area contributed by atoms with Crippen molar-refractivity contribution in [1.82, 2.24) is 0 Å². The second-order valence-corrected chi connectivity index (χ2v) is 5.00. The average Bonchev–Trinajstić information content (AvgIpc) is 2.34. The molecule has 0 aliphatic heterocycles. The van der Waals surface area contributed by atoms with Gasteiger partial charge in [0, 0.05) is 11.7 Å². The van der Waals surface area contributed by atoms with E-state index in [9.17, 15) is 9.18 Å². The summed E-state index contributed by atoms with van der Waals surface area (Å²) in [7, 11) is 0. The second-order valence-electron chi connectivity index (χ2n) is 5.00. The molecular weight excluding hydrogens is 233 g/mol. The second kappa shape index (κ2) is 5.38. The monoisotopic (exact) mass is 251 g/mol. The molecule has 4 heteroatoms. The first kappa shape index (κ1) is 12.9. The maximum absolute atomic E-state index is 13.2. The highest BCUT2D eigenvalue weighted by atomic mass is 19.1. The summed E-state index contributed by atoms with van der Waals surface area (Å²) in [6.45, 7) is 1.92. The molecule has 1 aromatic rings. The molecule has 1 fully saturated rings. The molecule has 0 saturated heterocycles. The third kappa shape index (κ3) is 3.00. The van der Waals surface area contributed by atoms with Crippen LogP contribution in [-0.2, 0) is 4.79 Å². The lowest BCUT2D eigenvalue weighted by molar-refractivity contribution is -0.142. The van der Waals surface area contributed by atoms with Crippen molar-refractivity contribution < 1.29 is 14.3 Å². The number of halogens is 1. The van der Waals surface area contributed by atoms with E-state index in [1.165, 1.54) is 12.1 Å². The zero-order chi connectivity index (χ0) is 13.1. The van der Waals surface area contributed by atoms with Crippen molar-refractivity contribution in [2.45, 2.75) is 38.6 Å². The summed E-state index contributed by atoms with van der Waals surface area (Å²) in [5.74, 6) is -1.27. The minimum atomic E-state index is -0.725. The Hall–Kier alpha value is -1.58. The SMILES string of the molecule is Cc1ccc(F)cc1NC1CCCC(C(=O)O)C1. The third-order valence-electron chi connectivity index (χ3n) is 3.58. The summed E-state index contributed by atoms with van der Waals surface area (Å²) in [6, 6.07) is 4.76. The number of nitrogens with one attached hydrogen (secondary N) is 1. The van der Waals surface area contributed by atoms with E-state index in [2.05, 4.69) is 5.32 Å². The molecule has 0 radical (unpaired) electrons. The van der Waals surface area contributed by atoms with E-state index >= 15 is 0 Å². The Balaban J connectivity index is 2.04. The van der Waals surface area contributed by atoms with Crippen LogP contribution in [-0.4, -0.2) is 17.1 Å². The van der Waals surface area contributed by atoms with Gasteiger partial charge in [0.25, 0.3) is 0 Å². The largest absolute Gasteiger partial charge is 0.481 e. The molecule has 3 nitrogen and oxygen atoms in total. The molecule has 1 aromatic carbocycles. The zero-order valence-corrected chi connectivity index (χ0v) is 10.4. The van der Waals surface area contributed by atoms with E-state index in [1.54, 1.807) is 6.07 Å². The first-order valence-electron chi connectivity index (χ1n) is 6.32. The van der Waals surface area contributed by atoms with Crippen molar-refractivity contribution in [3.05, 3.63) is 29.6 Å². The predicted octanol–water partition coefficient (Wildman–Crippen LogP) is 3.19. The molecule has 1 saturated carbocycles. The Bertz CT molecular complexity index is 447. The molecule has 0 aromatic heterocycles. The maximum atomic E-state index is 13.2. The lowest BCUT2D eigenvalue weighted by Crippen LogP contribution is -2.31. The molecule has 2 rings (SSSR count). The lowest BCUT2D eigenvalue weighted by Gasteiger charge is -2.28. The first-order chi connectivity index (χ1) is 8.56. The van der Waals surface area contributed by atoms with Gasteiger partial charge in [-0.3, -0.25) is 4.79 Å². The van der Waals surface area contributed by atoms with Crippen LogP contribution in [0.5, 0.6) is 0 Å². The predicted molar refractivity (Wildman–Crippen MR) is 68.1 cm³/mol. The van der Waals surface area contributed by atoms with Crippen LogP contribution in [0, 0.1) is 18.7 Å². The summed E-state index contributed by atoms with van der Waals surface area (Å²) in [4.78, 5) is 11.0. The first-order valence-corrected chi connectivity index (χ1v) is 6.32. The van der Waals surface area contributed by atoms with Crippen molar-refractivity contribution in [1.29, 1.82) is 0 Å². The van der Waals surface area contributed by atoms with E-state index < -0.39 is 5.97 Å². The van der Waals surface area contributed by atoms with E-state index in [0.717, 1.165) is 30.5 Å². The zero-order valence-electron chi connectivity index (χ0n) is 10.4. The quantitative estimate of drug-likeness (QED) is 0.867. The summed E-state index contributed by atoms with van der Waals surface area (Å²) in [6.07, 6.45) is 3.21. The van der Waals surface area contributed by atoms with Crippen LogP contribution in [0.1, 0.15) is 31.2 Å². The Morgan fingerprint density at radius 3 is 2.94 bits per heavy atom. The molecule has 0 spiro atoms. The number of carbonyl (C=O) groups is 1. The van der Waals surface area contributed by atoms with Gasteiger partial charge < -0.3 is 10.4 Å². The molecule has 2 unspecified atom stereocenters. The van der Waals surface area contributed by atoms with E-state index in [0.29, 0.717) is 6.42 Å². The molecule has 0 amide bonds. The van der Waals surface area contributed by atoms with Gasteiger partial charge in [-0.05, 0) is 43.9 Å². The fraction of sp³-hybridized carbons (Fsp3) is 0.500. The number of hydrogen-bond acceptors (Lipinski definition) is 2. The van der Waals surface area contributed by atoms with Gasteiger partial charge in [0.15, 0.2) is 0 Å². The van der Waals surface area contributed by atoms with Gasteiger partial charge in [0.05, 0.1) is 5.92 Å². The third-order valence-corrected chi connectivity index (χ3v) is 3.58. The van der Waals surface area contributed by atoms with Crippen LogP contribution < -0.4 is 5.32 Å². The lowest BCUT2D eigenvalue weighted by atomic mass is 9.85. The fourth-order valence-corrected chi connectivity index (χ4v) is 2.51. The Labute approximate surface area is 106 Å². The molecule has 1 aliphatic carbocycles. The van der Waals surface area contributed by atoms with Crippen molar-refractivity contribution in [3.63, 3.8) is 0 Å². The molecule has 0 heterocycles. The molecule has 2 atom stereocenters. The normalized spacial score (nSPS) is 23.7. The summed E-state index contributed by atoms with van der Waals surface area (Å²) in [5.41, 5.74) is 1.75. The highest BCUT2D eigenvalue weighted by molar-refractivity contribution is 5.70. The van der Waals surface area contributed by atoms with Crippen LogP contribution >= 0.6 is 0 Å². The van der Waals surface area contributed by atoms with E-state index in [4.69, 9.17) is 5.11 Å². The number of aliphatic carboxylic acids is 1. The number of hydrogen-bond donors (Lipinski definition) is 2. The van der Waals surface area contributed by atoms with Crippen LogP contribution in [0.3, 0.4) is 0 Å². The Morgan fingerprint density at radius 2 is 2.22 bits per heavy atom. The van der Waals surface area contributed by atoms with Crippen molar-refractivity contribution >= 4 is 11.7 Å². The molecule has 18 heavy (non-hydrogen) atoms. The van der Waals surface area contributed by atoms with E-state index in [1.807, 2.05) is 6.92 Å². The Kier molecular flexibility index (Phi) is 3.84. The highest BCUT2D eigenvalue weighted by Gasteiger charge is 2.26. The van der Waals surface area contributed by atoms with Crippen molar-refractivity contribution in [2.75, 3.05) is 5.32 Å². The minimum Gasteiger partial charge on any atom is -0.481 e. The van der Waals surface area contributed by atoms with Crippen LogP contribution in [0.15, 0.2) is 18.2 Å². The van der Waals surface area contributed by atoms with Gasteiger partial charge in [-0.1, -0.05) is 12.5 Å². The van der Waals surface area contributed by atoms with Crippen LogP contribution in [0.4, 0.5) is 10.1 Å². The number of anilines is 1. The minimum absolute atomic E-state index is 0.125. The highest BCUT2D eigenvalue weighted by Crippen LogP contribution is 2.28. The average molecular weight is 251 g/mol. The molecule has 98 valence electrons. The smallest absolute Gasteiger partial charge is 0.306 e. The molecule has 0 bridgehead atoms. The summed E-state index contributed by atoms with van der Waals surface area (Å²) >= 11 is 0. The Morgan fingerprint density at radius 1 is 1.44 bits per heavy atom. The topological polar surface area (TPSA) is 49.3 Å². The number of carboxylic acid groups (broad SMARTS) is 1. The summed E-state index contributed by atoms with van der Waals surface area (Å²) in [5, 5.41) is 12.3. The van der Waals surface area contributed by atoms with E-state index in [-0.39, 0.29) is 17.8 Å². The standard InChI is InChI=1S/C14H18FNO2/c1-9-5-6-11(15)8-13(9)16-12-4-2-3-10(7-12)14(17)18/h5-6,8,10,12,16H,2-4,7H2,1H3,(H,17,18). The summed E-state index contributed by atoms with van der Waals surface area (Å²) < 4.78 is 13.2. The molecular formula is C14H18FNO2. The van der Waals surface area contributed by atoms with Gasteiger partial charge in [0.2, 0.25) is 0 Å². The van der Waals surface area contributed by atoms with Crippen molar-refractivity contribution in [2.24, 2.45) is 5.92 Å². The number of aryl methyl sites for hydroxylation is 1. The van der Waals surface area contributed by atoms with Gasteiger partial charge in [-0.2, -0.15) is 0 Å². The van der Waals surface area contributed by atoms with Gasteiger partial charge in [-0.15, -0.1) is 0 Å².